The number of halogens is 2. The van der Waals surface area contributed by atoms with E-state index < -0.39 is 11.7 Å². The Morgan fingerprint density at radius 3 is 2.58 bits per heavy atom. The number of nitriles is 1. The summed E-state index contributed by atoms with van der Waals surface area (Å²) in [4.78, 5) is 22.1. The number of nitrogens with zero attached hydrogens (tertiary/aromatic N) is 8. The number of benzene rings is 2. The number of piperidine rings is 1. The minimum absolute atomic E-state index is 0. The van der Waals surface area contributed by atoms with Crippen LogP contribution in [0.15, 0.2) is 30.7 Å². The van der Waals surface area contributed by atoms with Gasteiger partial charge in [0.2, 0.25) is 0 Å². The lowest BCUT2D eigenvalue weighted by Crippen LogP contribution is -2.58. The molecule has 0 spiro atoms. The van der Waals surface area contributed by atoms with Crippen LogP contribution in [0.5, 0.6) is 0 Å². The highest BCUT2D eigenvalue weighted by atomic mass is 19.1. The number of likely N-dealkylation sites (tertiary alicyclic amines) is 1. The van der Waals surface area contributed by atoms with Crippen molar-refractivity contribution in [3.63, 3.8) is 0 Å². The molecule has 0 bridgehead atoms. The molecule has 13 heteroatoms. The van der Waals surface area contributed by atoms with Gasteiger partial charge in [-0.15, -0.1) is 0 Å². The Bertz CT molecular complexity index is 2080. The monoisotopic (exact) mass is 656 g/mol. The molecule has 48 heavy (non-hydrogen) atoms. The van der Waals surface area contributed by atoms with Crippen molar-refractivity contribution in [3.05, 3.63) is 53.2 Å². The molecule has 5 heterocycles. The van der Waals surface area contributed by atoms with E-state index >= 15 is 4.39 Å². The Balaban J connectivity index is 0.000000265. The van der Waals surface area contributed by atoms with E-state index in [-0.39, 0.29) is 19.7 Å². The normalized spacial score (nSPS) is 16.7. The molecule has 2 saturated heterocycles. The lowest BCUT2D eigenvalue weighted by atomic mass is 9.89. The fourth-order valence-electron chi connectivity index (χ4n) is 6.88. The summed E-state index contributed by atoms with van der Waals surface area (Å²) in [5, 5.41) is 28.9. The summed E-state index contributed by atoms with van der Waals surface area (Å²) in [5.41, 5.74) is 6.91. The smallest absolute Gasteiger partial charge is 0.282 e. The molecule has 0 unspecified atom stereocenters. The van der Waals surface area contributed by atoms with Crippen LogP contribution in [0.2, 0.25) is 0 Å². The van der Waals surface area contributed by atoms with E-state index in [0.717, 1.165) is 72.1 Å². The molecule has 3 aromatic heterocycles. The average molecular weight is 657 g/mol. The standard InChI is InChI=1S/C25H27FN8.C10H13FN2O.H2/c1-6-33(5)15-10-34(11-15)25-24-23(30-32-31-24)16-7-13(3)19(21(26)22(16)28-25)20-14(4)12(2)8-18-17(20)9-27-29-18;1-8(11)10(14)13-7-3-2-4-9(13)5-6-12;/h7-9,15H,6,10-11H2,1-5H3,(H,27,29)(H,30,31,32);9H,1-5,7H2;1H/t;9-;/m.0./s1. The summed E-state index contributed by atoms with van der Waals surface area (Å²) in [6.07, 6.45) is 4.70. The largest absolute Gasteiger partial charge is 0.351 e. The number of carbonyl (C=O) groups excluding carboxylic acids is 1. The predicted octanol–water partition coefficient (Wildman–Crippen LogP) is 6.26. The van der Waals surface area contributed by atoms with Gasteiger partial charge in [0, 0.05) is 49.5 Å². The number of amides is 1. The lowest BCUT2D eigenvalue weighted by Gasteiger charge is -2.44. The van der Waals surface area contributed by atoms with Gasteiger partial charge in [0.05, 0.1) is 24.2 Å². The van der Waals surface area contributed by atoms with Crippen LogP contribution < -0.4 is 4.90 Å². The van der Waals surface area contributed by atoms with Crippen molar-refractivity contribution in [2.45, 2.75) is 65.5 Å². The molecule has 1 amide bonds. The zero-order chi connectivity index (χ0) is 34.3. The Hall–Kier alpha value is -4.96. The molecule has 0 saturated carbocycles. The van der Waals surface area contributed by atoms with Crippen LogP contribution in [0.1, 0.15) is 50.7 Å². The molecular formula is C35H42F2N10O. The van der Waals surface area contributed by atoms with Crippen LogP contribution in [0.4, 0.5) is 14.6 Å². The molecule has 1 atom stereocenters. The van der Waals surface area contributed by atoms with Crippen molar-refractivity contribution in [1.82, 2.24) is 40.4 Å². The number of pyridine rings is 1. The predicted molar refractivity (Wildman–Crippen MR) is 185 cm³/mol. The maximum Gasteiger partial charge on any atom is 0.282 e. The number of anilines is 1. The number of rotatable bonds is 6. The first-order chi connectivity index (χ1) is 23.0. The van der Waals surface area contributed by atoms with Gasteiger partial charge in [0.15, 0.2) is 23.0 Å². The number of hydrogen-bond donors (Lipinski definition) is 2. The quantitative estimate of drug-likeness (QED) is 0.205. The number of fused-ring (bicyclic) bond motifs is 4. The molecule has 5 aromatic rings. The minimum atomic E-state index is -0.935. The van der Waals surface area contributed by atoms with Gasteiger partial charge >= 0.3 is 0 Å². The van der Waals surface area contributed by atoms with Gasteiger partial charge in [-0.1, -0.05) is 13.5 Å². The number of hydrogen-bond acceptors (Lipinski definition) is 8. The second kappa shape index (κ2) is 13.3. The maximum absolute atomic E-state index is 16.4. The second-order valence-corrected chi connectivity index (χ2v) is 12.8. The highest BCUT2D eigenvalue weighted by Crippen LogP contribution is 2.41. The van der Waals surface area contributed by atoms with Crippen LogP contribution in [0.3, 0.4) is 0 Å². The van der Waals surface area contributed by atoms with E-state index in [1.807, 2.05) is 32.9 Å². The molecule has 2 aliphatic rings. The summed E-state index contributed by atoms with van der Waals surface area (Å²) in [6, 6.07) is 6.37. The highest BCUT2D eigenvalue weighted by Gasteiger charge is 2.33. The minimum Gasteiger partial charge on any atom is -0.351 e. The first-order valence-corrected chi connectivity index (χ1v) is 16.3. The number of likely N-dealkylation sites (N-methyl/N-ethyl adjacent to an activating group) is 1. The van der Waals surface area contributed by atoms with Crippen LogP contribution in [0.25, 0.3) is 44.0 Å². The number of aromatic amines is 2. The van der Waals surface area contributed by atoms with E-state index in [9.17, 15) is 9.18 Å². The maximum atomic E-state index is 16.4. The van der Waals surface area contributed by atoms with E-state index in [1.54, 1.807) is 6.20 Å². The molecule has 2 N–H and O–H groups in total. The fraction of sp³-hybridized carbons (Fsp3) is 0.429. The Morgan fingerprint density at radius 1 is 1.12 bits per heavy atom. The average Bonchev–Trinajstić information content (AvgIpc) is 3.73. The molecule has 2 fully saturated rings. The third-order valence-electron chi connectivity index (χ3n) is 9.92. The first kappa shape index (κ1) is 33.0. The summed E-state index contributed by atoms with van der Waals surface area (Å²) in [6.45, 7) is 14.3. The summed E-state index contributed by atoms with van der Waals surface area (Å²) < 4.78 is 29.1. The number of H-pyrrole nitrogens is 2. The lowest BCUT2D eigenvalue weighted by molar-refractivity contribution is -0.132. The molecule has 2 aromatic carbocycles. The summed E-state index contributed by atoms with van der Waals surface area (Å²) >= 11 is 0. The SMILES string of the molecule is C=C(F)C(=O)N1CCCC[C@H]1CC#N.CCN(C)C1CN(c2nc3c(F)c(-c4c(C)c(C)cc5[nH]ncc45)c(C)cc3c3n[nH]nc23)C1.[HH]. The third kappa shape index (κ3) is 5.74. The van der Waals surface area contributed by atoms with Crippen molar-refractivity contribution < 1.29 is 15.0 Å². The number of aromatic nitrogens is 6. The zero-order valence-corrected chi connectivity index (χ0v) is 28.0. The van der Waals surface area contributed by atoms with Crippen molar-refractivity contribution in [2.24, 2.45) is 0 Å². The summed E-state index contributed by atoms with van der Waals surface area (Å²) in [5.74, 6) is -1.25. The van der Waals surface area contributed by atoms with Crippen molar-refractivity contribution in [1.29, 1.82) is 5.26 Å². The first-order valence-electron chi connectivity index (χ1n) is 16.3. The Morgan fingerprint density at radius 2 is 1.88 bits per heavy atom. The molecule has 2 aliphatic heterocycles. The van der Waals surface area contributed by atoms with Gasteiger partial charge in [0.1, 0.15) is 11.0 Å². The third-order valence-corrected chi connectivity index (χ3v) is 9.92. The van der Waals surface area contributed by atoms with Gasteiger partial charge in [-0.05, 0) is 88.0 Å². The van der Waals surface area contributed by atoms with Gasteiger partial charge in [0.25, 0.3) is 5.91 Å². The van der Waals surface area contributed by atoms with Gasteiger partial charge in [-0.25, -0.2) is 13.8 Å². The van der Waals surface area contributed by atoms with Crippen LogP contribution >= 0.6 is 0 Å². The second-order valence-electron chi connectivity index (χ2n) is 12.8. The molecule has 0 aliphatic carbocycles. The van der Waals surface area contributed by atoms with E-state index in [2.05, 4.69) is 62.0 Å². The fourth-order valence-corrected chi connectivity index (χ4v) is 6.88. The topological polar surface area (TPSA) is 134 Å². The number of carbonyl (C=O) groups is 1. The molecule has 0 radical (unpaired) electrons. The van der Waals surface area contributed by atoms with E-state index in [4.69, 9.17) is 10.2 Å². The number of nitrogens with one attached hydrogen (secondary N) is 2. The van der Waals surface area contributed by atoms with Crippen molar-refractivity contribution in [2.75, 3.05) is 38.1 Å². The van der Waals surface area contributed by atoms with Crippen LogP contribution in [-0.2, 0) is 4.79 Å². The molecule has 7 rings (SSSR count). The van der Waals surface area contributed by atoms with Gasteiger partial charge in [-0.3, -0.25) is 9.89 Å². The van der Waals surface area contributed by atoms with E-state index in [1.165, 1.54) is 4.90 Å². The van der Waals surface area contributed by atoms with Gasteiger partial charge in [-0.2, -0.15) is 25.8 Å². The molecule has 252 valence electrons. The van der Waals surface area contributed by atoms with E-state index in [0.29, 0.717) is 45.9 Å². The Labute approximate surface area is 279 Å². The zero-order valence-electron chi connectivity index (χ0n) is 28.0. The number of aryl methyl sites for hydroxylation is 2. The van der Waals surface area contributed by atoms with Crippen LogP contribution in [0, 0.1) is 37.9 Å². The van der Waals surface area contributed by atoms with Gasteiger partial charge < -0.3 is 14.7 Å². The van der Waals surface area contributed by atoms with Crippen molar-refractivity contribution >= 4 is 44.6 Å². The van der Waals surface area contributed by atoms with Crippen LogP contribution in [-0.4, -0.2) is 91.6 Å². The molecule has 11 nitrogen and oxygen atoms in total. The molecular weight excluding hydrogens is 614 g/mol. The summed E-state index contributed by atoms with van der Waals surface area (Å²) in [7, 11) is 2.12. The highest BCUT2D eigenvalue weighted by molar-refractivity contribution is 6.09. The Kier molecular flexibility index (Phi) is 9.11. The van der Waals surface area contributed by atoms with Crippen molar-refractivity contribution in [3.8, 4) is 17.2 Å².